The number of rotatable bonds is 3. The zero-order valence-corrected chi connectivity index (χ0v) is 13.6. The molecule has 100 valence electrons. The fourth-order valence-electron chi connectivity index (χ4n) is 2.00. The fraction of sp³-hybridized carbons (Fsp3) is 0.250. The Morgan fingerprint density at radius 2 is 1.68 bits per heavy atom. The van der Waals surface area contributed by atoms with E-state index >= 15 is 0 Å². The largest absolute Gasteiger partial charge is 0.457 e. The third kappa shape index (κ3) is 3.31. The highest BCUT2D eigenvalue weighted by Crippen LogP contribution is 2.31. The second-order valence-electron chi connectivity index (χ2n) is 4.72. The molecule has 0 aliphatic rings. The Kier molecular flexibility index (Phi) is 4.54. The highest BCUT2D eigenvalue weighted by molar-refractivity contribution is 9.10. The van der Waals surface area contributed by atoms with Gasteiger partial charge in [0.2, 0.25) is 0 Å². The molecular weight excluding hydrogens is 324 g/mol. The van der Waals surface area contributed by atoms with Crippen molar-refractivity contribution in [1.82, 2.24) is 0 Å². The van der Waals surface area contributed by atoms with E-state index in [4.69, 9.17) is 16.3 Å². The van der Waals surface area contributed by atoms with Crippen LogP contribution in [0.15, 0.2) is 34.8 Å². The summed E-state index contributed by atoms with van der Waals surface area (Å²) in [6, 6.07) is 10.1. The molecule has 0 unspecified atom stereocenters. The summed E-state index contributed by atoms with van der Waals surface area (Å²) in [6.07, 6.45) is 0. The van der Waals surface area contributed by atoms with Gasteiger partial charge in [0.15, 0.2) is 0 Å². The lowest BCUT2D eigenvalue weighted by molar-refractivity contribution is 0.477. The van der Waals surface area contributed by atoms with Crippen LogP contribution in [0.5, 0.6) is 11.5 Å². The maximum atomic E-state index is 5.97. The number of hydrogen-bond donors (Lipinski definition) is 0. The van der Waals surface area contributed by atoms with Gasteiger partial charge in [-0.3, -0.25) is 0 Å². The summed E-state index contributed by atoms with van der Waals surface area (Å²) in [4.78, 5) is 0. The van der Waals surface area contributed by atoms with Gasteiger partial charge in [0.25, 0.3) is 0 Å². The van der Waals surface area contributed by atoms with Gasteiger partial charge in [0, 0.05) is 10.0 Å². The summed E-state index contributed by atoms with van der Waals surface area (Å²) in [5.74, 6) is 2.11. The molecule has 2 aromatic rings. The number of benzene rings is 2. The van der Waals surface area contributed by atoms with Gasteiger partial charge in [-0.2, -0.15) is 0 Å². The van der Waals surface area contributed by atoms with E-state index in [9.17, 15) is 0 Å². The highest BCUT2D eigenvalue weighted by Gasteiger charge is 2.07. The Bertz CT molecular complexity index is 585. The van der Waals surface area contributed by atoms with Crippen molar-refractivity contribution in [3.63, 3.8) is 0 Å². The number of aryl methyl sites for hydroxylation is 3. The van der Waals surface area contributed by atoms with Crippen molar-refractivity contribution >= 4 is 27.5 Å². The zero-order chi connectivity index (χ0) is 14.0. The standard InChI is InChI=1S/C16H16BrClO/c1-10-4-5-15(13(6-10)9-18)19-14-7-11(2)16(17)12(3)8-14/h4-8H,9H2,1-3H3. The summed E-state index contributed by atoms with van der Waals surface area (Å²) >= 11 is 9.53. The van der Waals surface area contributed by atoms with Crippen LogP contribution in [0.4, 0.5) is 0 Å². The minimum atomic E-state index is 0.450. The van der Waals surface area contributed by atoms with Gasteiger partial charge in [-0.15, -0.1) is 11.6 Å². The average Bonchev–Trinajstić information content (AvgIpc) is 2.38. The number of hydrogen-bond acceptors (Lipinski definition) is 1. The Morgan fingerprint density at radius 3 is 2.26 bits per heavy atom. The van der Waals surface area contributed by atoms with Crippen LogP contribution in [0.3, 0.4) is 0 Å². The molecule has 2 aromatic carbocycles. The number of halogens is 2. The van der Waals surface area contributed by atoms with E-state index in [1.807, 2.05) is 31.2 Å². The molecule has 2 rings (SSSR count). The smallest absolute Gasteiger partial charge is 0.131 e. The molecule has 0 saturated heterocycles. The molecule has 0 spiro atoms. The van der Waals surface area contributed by atoms with Crippen molar-refractivity contribution in [2.24, 2.45) is 0 Å². The normalized spacial score (nSPS) is 10.6. The number of ether oxygens (including phenoxy) is 1. The first-order valence-electron chi connectivity index (χ1n) is 6.11. The minimum absolute atomic E-state index is 0.450. The van der Waals surface area contributed by atoms with Crippen molar-refractivity contribution in [1.29, 1.82) is 0 Å². The molecule has 1 nitrogen and oxygen atoms in total. The van der Waals surface area contributed by atoms with Crippen molar-refractivity contribution in [2.45, 2.75) is 26.7 Å². The first-order valence-corrected chi connectivity index (χ1v) is 7.44. The van der Waals surface area contributed by atoms with Crippen molar-refractivity contribution < 1.29 is 4.74 Å². The van der Waals surface area contributed by atoms with E-state index in [0.29, 0.717) is 5.88 Å². The van der Waals surface area contributed by atoms with Gasteiger partial charge >= 0.3 is 0 Å². The Labute approximate surface area is 127 Å². The maximum absolute atomic E-state index is 5.97. The van der Waals surface area contributed by atoms with E-state index in [-0.39, 0.29) is 0 Å². The van der Waals surface area contributed by atoms with E-state index in [1.54, 1.807) is 0 Å². The van der Waals surface area contributed by atoms with Crippen LogP contribution in [0.2, 0.25) is 0 Å². The Hall–Kier alpha value is -0.990. The summed E-state index contributed by atoms with van der Waals surface area (Å²) in [7, 11) is 0. The van der Waals surface area contributed by atoms with Crippen LogP contribution in [0.1, 0.15) is 22.3 Å². The van der Waals surface area contributed by atoms with Crippen LogP contribution in [0.25, 0.3) is 0 Å². The monoisotopic (exact) mass is 338 g/mol. The lowest BCUT2D eigenvalue weighted by Gasteiger charge is -2.12. The molecule has 0 aliphatic carbocycles. The average molecular weight is 340 g/mol. The molecule has 0 bridgehead atoms. The van der Waals surface area contributed by atoms with E-state index in [0.717, 1.165) is 32.7 Å². The molecule has 3 heteroatoms. The molecule has 0 fully saturated rings. The molecule has 0 heterocycles. The van der Waals surface area contributed by atoms with Gasteiger partial charge in [0.1, 0.15) is 11.5 Å². The van der Waals surface area contributed by atoms with Gasteiger partial charge in [0.05, 0.1) is 5.88 Å². The Morgan fingerprint density at radius 1 is 1.05 bits per heavy atom. The molecule has 0 amide bonds. The van der Waals surface area contributed by atoms with Crippen LogP contribution in [-0.4, -0.2) is 0 Å². The molecule has 0 aromatic heterocycles. The van der Waals surface area contributed by atoms with Crippen LogP contribution >= 0.6 is 27.5 Å². The van der Waals surface area contributed by atoms with Crippen molar-refractivity contribution in [3.8, 4) is 11.5 Å². The predicted octanol–water partition coefficient (Wildman–Crippen LogP) is 5.91. The van der Waals surface area contributed by atoms with Gasteiger partial charge in [-0.25, -0.2) is 0 Å². The van der Waals surface area contributed by atoms with Crippen LogP contribution < -0.4 is 4.74 Å². The summed E-state index contributed by atoms with van der Waals surface area (Å²) in [5.41, 5.74) is 4.52. The van der Waals surface area contributed by atoms with Crippen molar-refractivity contribution in [3.05, 3.63) is 57.1 Å². The number of alkyl halides is 1. The quantitative estimate of drug-likeness (QED) is 0.632. The molecule has 0 saturated carbocycles. The van der Waals surface area contributed by atoms with Crippen LogP contribution in [-0.2, 0) is 5.88 Å². The third-order valence-electron chi connectivity index (χ3n) is 3.00. The third-order valence-corrected chi connectivity index (χ3v) is 4.54. The van der Waals surface area contributed by atoms with Crippen molar-refractivity contribution in [2.75, 3.05) is 0 Å². The van der Waals surface area contributed by atoms with E-state index < -0.39 is 0 Å². The lowest BCUT2D eigenvalue weighted by Crippen LogP contribution is -1.92. The van der Waals surface area contributed by atoms with E-state index in [2.05, 4.69) is 35.8 Å². The van der Waals surface area contributed by atoms with Gasteiger partial charge < -0.3 is 4.74 Å². The molecular formula is C16H16BrClO. The van der Waals surface area contributed by atoms with Gasteiger partial charge in [-0.05, 0) is 50.1 Å². The SMILES string of the molecule is Cc1ccc(Oc2cc(C)c(Br)c(C)c2)c(CCl)c1. The second kappa shape index (κ2) is 5.98. The molecule has 0 N–H and O–H groups in total. The predicted molar refractivity (Wildman–Crippen MR) is 84.4 cm³/mol. The first kappa shape index (κ1) is 14.4. The Balaban J connectivity index is 2.36. The molecule has 19 heavy (non-hydrogen) atoms. The first-order chi connectivity index (χ1) is 9.01. The van der Waals surface area contributed by atoms with E-state index in [1.165, 1.54) is 5.56 Å². The zero-order valence-electron chi connectivity index (χ0n) is 11.3. The fourth-order valence-corrected chi connectivity index (χ4v) is 2.44. The minimum Gasteiger partial charge on any atom is -0.457 e. The maximum Gasteiger partial charge on any atom is 0.131 e. The second-order valence-corrected chi connectivity index (χ2v) is 5.78. The molecule has 0 radical (unpaired) electrons. The molecule has 0 atom stereocenters. The highest BCUT2D eigenvalue weighted by atomic mass is 79.9. The summed E-state index contributed by atoms with van der Waals surface area (Å²) in [6.45, 7) is 6.16. The lowest BCUT2D eigenvalue weighted by atomic mass is 10.1. The van der Waals surface area contributed by atoms with Crippen LogP contribution in [0, 0.1) is 20.8 Å². The molecule has 0 aliphatic heterocycles. The summed E-state index contributed by atoms with van der Waals surface area (Å²) < 4.78 is 7.09. The summed E-state index contributed by atoms with van der Waals surface area (Å²) in [5, 5.41) is 0. The van der Waals surface area contributed by atoms with Gasteiger partial charge in [-0.1, -0.05) is 33.6 Å². The topological polar surface area (TPSA) is 9.23 Å².